The maximum Gasteiger partial charge on any atom is 0.161 e. The Labute approximate surface area is 176 Å². The van der Waals surface area contributed by atoms with Crippen LogP contribution in [0.15, 0.2) is 72.8 Å². The Bertz CT molecular complexity index is 1120. The molecule has 154 valence electrons. The molecule has 0 atom stereocenters. The van der Waals surface area contributed by atoms with E-state index in [1.807, 2.05) is 48.5 Å². The highest BCUT2D eigenvalue weighted by molar-refractivity contribution is 5.80. The molecule has 0 amide bonds. The minimum atomic E-state index is 0.640. The molecule has 0 aliphatic heterocycles. The molecular formula is C25H26N2O3. The predicted octanol–water partition coefficient (Wildman–Crippen LogP) is 5.58. The largest absolute Gasteiger partial charge is 0.497 e. The quantitative estimate of drug-likeness (QED) is 0.343. The van der Waals surface area contributed by atoms with Gasteiger partial charge in [-0.2, -0.15) is 0 Å². The second-order valence-corrected chi connectivity index (χ2v) is 7.01. The normalized spacial score (nSPS) is 10.9. The van der Waals surface area contributed by atoms with Crippen molar-refractivity contribution in [2.75, 3.05) is 20.8 Å². The Morgan fingerprint density at radius 3 is 2.43 bits per heavy atom. The fraction of sp³-hybridized carbons (Fsp3) is 0.240. The van der Waals surface area contributed by atoms with Crippen LogP contribution in [0.3, 0.4) is 0 Å². The highest BCUT2D eigenvalue weighted by atomic mass is 16.5. The van der Waals surface area contributed by atoms with Gasteiger partial charge in [0.15, 0.2) is 11.5 Å². The van der Waals surface area contributed by atoms with Gasteiger partial charge in [-0.1, -0.05) is 36.4 Å². The third-order valence-corrected chi connectivity index (χ3v) is 5.09. The first-order valence-electron chi connectivity index (χ1n) is 10.2. The van der Waals surface area contributed by atoms with E-state index in [1.54, 1.807) is 14.2 Å². The number of ether oxygens (including phenoxy) is 3. The Balaban J connectivity index is 1.48. The Kier molecular flexibility index (Phi) is 6.18. The van der Waals surface area contributed by atoms with Gasteiger partial charge in [-0.3, -0.25) is 0 Å². The molecule has 0 aliphatic rings. The molecular weight excluding hydrogens is 376 g/mol. The molecule has 0 unspecified atom stereocenters. The number of imidazole rings is 1. The molecule has 0 saturated carbocycles. The van der Waals surface area contributed by atoms with Gasteiger partial charge in [0.1, 0.15) is 11.6 Å². The monoisotopic (exact) mass is 402 g/mol. The third kappa shape index (κ3) is 4.25. The number of para-hydroxylation sites is 4. The van der Waals surface area contributed by atoms with Crippen molar-refractivity contribution < 1.29 is 14.2 Å². The third-order valence-electron chi connectivity index (χ3n) is 5.09. The van der Waals surface area contributed by atoms with Gasteiger partial charge < -0.3 is 18.8 Å². The summed E-state index contributed by atoms with van der Waals surface area (Å²) in [5.74, 6) is 3.33. The van der Waals surface area contributed by atoms with Crippen LogP contribution in [0.25, 0.3) is 22.4 Å². The summed E-state index contributed by atoms with van der Waals surface area (Å²) in [5, 5.41) is 0. The van der Waals surface area contributed by atoms with E-state index in [4.69, 9.17) is 19.2 Å². The summed E-state index contributed by atoms with van der Waals surface area (Å²) >= 11 is 0. The number of rotatable bonds is 9. The molecule has 0 N–H and O–H groups in total. The van der Waals surface area contributed by atoms with Crippen LogP contribution in [0.4, 0.5) is 0 Å². The highest BCUT2D eigenvalue weighted by Crippen LogP contribution is 2.28. The van der Waals surface area contributed by atoms with Crippen LogP contribution >= 0.6 is 0 Å². The standard InChI is InChI=1S/C25H26N2O3/c1-28-20-11-9-10-19(18-20)25-26-21-12-3-4-13-22(21)27(25)16-7-8-17-30-24-15-6-5-14-23(24)29-2/h3-6,9-15,18H,7-8,16-17H2,1-2H3. The van der Waals surface area contributed by atoms with E-state index in [0.29, 0.717) is 6.61 Å². The van der Waals surface area contributed by atoms with Crippen LogP contribution in [-0.2, 0) is 6.54 Å². The lowest BCUT2D eigenvalue weighted by Crippen LogP contribution is -2.04. The fourth-order valence-electron chi connectivity index (χ4n) is 3.58. The number of aryl methyl sites for hydroxylation is 1. The van der Waals surface area contributed by atoms with Crippen LogP contribution in [0.5, 0.6) is 17.2 Å². The molecule has 0 spiro atoms. The molecule has 5 nitrogen and oxygen atoms in total. The average molecular weight is 402 g/mol. The van der Waals surface area contributed by atoms with Crippen molar-refractivity contribution in [1.82, 2.24) is 9.55 Å². The first kappa shape index (κ1) is 19.8. The number of aromatic nitrogens is 2. The minimum absolute atomic E-state index is 0.640. The molecule has 0 aliphatic carbocycles. The zero-order valence-electron chi connectivity index (χ0n) is 17.4. The summed E-state index contributed by atoms with van der Waals surface area (Å²) in [6.45, 7) is 1.50. The van der Waals surface area contributed by atoms with Crippen molar-refractivity contribution in [1.29, 1.82) is 0 Å². The van der Waals surface area contributed by atoms with Crippen molar-refractivity contribution in [3.8, 4) is 28.6 Å². The molecule has 0 saturated heterocycles. The lowest BCUT2D eigenvalue weighted by atomic mass is 10.2. The number of benzene rings is 3. The van der Waals surface area contributed by atoms with Gasteiger partial charge in [-0.25, -0.2) is 4.98 Å². The average Bonchev–Trinajstić information content (AvgIpc) is 3.18. The Hall–Kier alpha value is -3.47. The molecule has 4 aromatic rings. The molecule has 3 aromatic carbocycles. The predicted molar refractivity (Wildman–Crippen MR) is 119 cm³/mol. The molecule has 0 bridgehead atoms. The highest BCUT2D eigenvalue weighted by Gasteiger charge is 2.13. The summed E-state index contributed by atoms with van der Waals surface area (Å²) in [4.78, 5) is 4.89. The van der Waals surface area contributed by atoms with E-state index in [9.17, 15) is 0 Å². The first-order valence-corrected chi connectivity index (χ1v) is 10.2. The van der Waals surface area contributed by atoms with Gasteiger partial charge in [0.2, 0.25) is 0 Å². The molecule has 30 heavy (non-hydrogen) atoms. The molecule has 0 radical (unpaired) electrons. The molecule has 1 heterocycles. The van der Waals surface area contributed by atoms with E-state index in [2.05, 4.69) is 28.8 Å². The Morgan fingerprint density at radius 2 is 1.60 bits per heavy atom. The maximum absolute atomic E-state index is 5.91. The first-order chi connectivity index (χ1) is 14.8. The van der Waals surface area contributed by atoms with Crippen LogP contribution in [-0.4, -0.2) is 30.4 Å². The van der Waals surface area contributed by atoms with Crippen LogP contribution in [0, 0.1) is 0 Å². The zero-order chi connectivity index (χ0) is 20.8. The molecule has 4 rings (SSSR count). The summed E-state index contributed by atoms with van der Waals surface area (Å²) in [7, 11) is 3.34. The van der Waals surface area contributed by atoms with Crippen molar-refractivity contribution in [2.24, 2.45) is 0 Å². The molecule has 5 heteroatoms. The number of nitrogens with zero attached hydrogens (tertiary/aromatic N) is 2. The minimum Gasteiger partial charge on any atom is -0.497 e. The van der Waals surface area contributed by atoms with Gasteiger partial charge in [-0.15, -0.1) is 0 Å². The summed E-state index contributed by atoms with van der Waals surface area (Å²) in [6, 6.07) is 24.1. The van der Waals surface area contributed by atoms with E-state index in [0.717, 1.165) is 59.1 Å². The number of methoxy groups -OCH3 is 2. The smallest absolute Gasteiger partial charge is 0.161 e. The lowest BCUT2D eigenvalue weighted by Gasteiger charge is -2.12. The SMILES string of the molecule is COc1cccc(-c2nc3ccccc3n2CCCCOc2ccccc2OC)c1. The van der Waals surface area contributed by atoms with E-state index >= 15 is 0 Å². The van der Waals surface area contributed by atoms with Crippen LogP contribution in [0.2, 0.25) is 0 Å². The molecule has 1 aromatic heterocycles. The van der Waals surface area contributed by atoms with Gasteiger partial charge in [-0.05, 0) is 49.2 Å². The maximum atomic E-state index is 5.91. The second-order valence-electron chi connectivity index (χ2n) is 7.01. The topological polar surface area (TPSA) is 45.5 Å². The van der Waals surface area contributed by atoms with Crippen LogP contribution < -0.4 is 14.2 Å². The fourth-order valence-corrected chi connectivity index (χ4v) is 3.58. The van der Waals surface area contributed by atoms with E-state index in [-0.39, 0.29) is 0 Å². The summed E-state index contributed by atoms with van der Waals surface area (Å²) in [5.41, 5.74) is 3.19. The summed E-state index contributed by atoms with van der Waals surface area (Å²) in [6.07, 6.45) is 1.91. The van der Waals surface area contributed by atoms with Crippen LogP contribution in [0.1, 0.15) is 12.8 Å². The van der Waals surface area contributed by atoms with Crippen molar-refractivity contribution in [3.05, 3.63) is 72.8 Å². The van der Waals surface area contributed by atoms with Gasteiger partial charge in [0.05, 0.1) is 31.9 Å². The lowest BCUT2D eigenvalue weighted by molar-refractivity contribution is 0.284. The second kappa shape index (κ2) is 9.35. The number of hydrogen-bond acceptors (Lipinski definition) is 4. The van der Waals surface area contributed by atoms with Crippen molar-refractivity contribution in [3.63, 3.8) is 0 Å². The van der Waals surface area contributed by atoms with Crippen molar-refractivity contribution >= 4 is 11.0 Å². The van der Waals surface area contributed by atoms with Gasteiger partial charge in [0.25, 0.3) is 0 Å². The number of fused-ring (bicyclic) bond motifs is 1. The van der Waals surface area contributed by atoms with E-state index in [1.165, 1.54) is 0 Å². The zero-order valence-corrected chi connectivity index (χ0v) is 17.4. The van der Waals surface area contributed by atoms with Gasteiger partial charge >= 0.3 is 0 Å². The van der Waals surface area contributed by atoms with Gasteiger partial charge in [0, 0.05) is 12.1 Å². The molecule has 0 fully saturated rings. The van der Waals surface area contributed by atoms with Crippen molar-refractivity contribution in [2.45, 2.75) is 19.4 Å². The number of unbranched alkanes of at least 4 members (excludes halogenated alkanes) is 1. The van der Waals surface area contributed by atoms with E-state index < -0.39 is 0 Å². The summed E-state index contributed by atoms with van der Waals surface area (Å²) < 4.78 is 18.9. The Morgan fingerprint density at radius 1 is 0.800 bits per heavy atom. The number of hydrogen-bond donors (Lipinski definition) is 0.